The highest BCUT2D eigenvalue weighted by Gasteiger charge is 2.24. The van der Waals surface area contributed by atoms with Gasteiger partial charge in [0.05, 0.1) is 25.2 Å². The fraction of sp³-hybridized carbons (Fsp3) is 0.797. The summed E-state index contributed by atoms with van der Waals surface area (Å²) in [6, 6.07) is -0.708. The predicted molar refractivity (Wildman–Crippen MR) is 282 cm³/mol. The van der Waals surface area contributed by atoms with Crippen molar-refractivity contribution in [2.24, 2.45) is 0 Å². The maximum atomic E-state index is 13.2. The van der Waals surface area contributed by atoms with E-state index < -0.39 is 18.2 Å². The van der Waals surface area contributed by atoms with Crippen LogP contribution in [0.25, 0.3) is 0 Å². The Hall–Kier alpha value is -2.44. The van der Waals surface area contributed by atoms with Crippen LogP contribution in [0.15, 0.2) is 60.8 Å². The first kappa shape index (κ1) is 62.6. The molecule has 0 aromatic heterocycles. The van der Waals surface area contributed by atoms with Crippen molar-refractivity contribution in [3.05, 3.63) is 60.8 Å². The summed E-state index contributed by atoms with van der Waals surface area (Å²) < 4.78 is 5.94. The van der Waals surface area contributed by atoms with Crippen molar-refractivity contribution in [1.82, 2.24) is 5.32 Å². The van der Waals surface area contributed by atoms with Crippen LogP contribution >= 0.6 is 0 Å². The van der Waals surface area contributed by atoms with Crippen LogP contribution in [0.2, 0.25) is 0 Å². The molecular formula is C59H107NO5. The van der Waals surface area contributed by atoms with Crippen molar-refractivity contribution >= 4 is 11.9 Å². The van der Waals surface area contributed by atoms with Crippen molar-refractivity contribution in [1.29, 1.82) is 0 Å². The number of carbonyl (C=O) groups excluding carboxylic acids is 2. The Morgan fingerprint density at radius 2 is 0.831 bits per heavy atom. The van der Waals surface area contributed by atoms with Crippen LogP contribution in [-0.4, -0.2) is 46.9 Å². The third kappa shape index (κ3) is 47.8. The van der Waals surface area contributed by atoms with E-state index in [1.807, 2.05) is 0 Å². The minimum absolute atomic E-state index is 0.0657. The van der Waals surface area contributed by atoms with E-state index in [0.29, 0.717) is 19.3 Å². The number of unbranched alkanes of at least 4 members (excludes halogenated alkanes) is 28. The molecule has 3 unspecified atom stereocenters. The van der Waals surface area contributed by atoms with Crippen molar-refractivity contribution in [3.8, 4) is 0 Å². The molecule has 1 amide bonds. The first-order valence-corrected chi connectivity index (χ1v) is 28.0. The molecule has 0 rings (SSSR count). The first-order valence-electron chi connectivity index (χ1n) is 28.0. The largest absolute Gasteiger partial charge is 0.462 e. The summed E-state index contributed by atoms with van der Waals surface area (Å²) in [6.07, 6.45) is 65.7. The third-order valence-corrected chi connectivity index (χ3v) is 12.6. The molecule has 65 heavy (non-hydrogen) atoms. The van der Waals surface area contributed by atoms with Gasteiger partial charge in [0.15, 0.2) is 0 Å². The molecule has 0 aromatic rings. The monoisotopic (exact) mass is 910 g/mol. The minimum Gasteiger partial charge on any atom is -0.462 e. The smallest absolute Gasteiger partial charge is 0.306 e. The lowest BCUT2D eigenvalue weighted by atomic mass is 10.0. The van der Waals surface area contributed by atoms with Crippen LogP contribution in [0, 0.1) is 0 Å². The predicted octanol–water partition coefficient (Wildman–Crippen LogP) is 17.2. The van der Waals surface area contributed by atoms with Gasteiger partial charge in [-0.1, -0.05) is 255 Å². The fourth-order valence-corrected chi connectivity index (χ4v) is 8.40. The minimum atomic E-state index is -0.793. The second-order valence-electron chi connectivity index (χ2n) is 19.0. The molecule has 378 valence electrons. The molecule has 0 saturated carbocycles. The second kappa shape index (κ2) is 52.5. The Balaban J connectivity index is 4.61. The van der Waals surface area contributed by atoms with Crippen LogP contribution in [0.4, 0.5) is 0 Å². The molecule has 0 fully saturated rings. The molecule has 0 spiro atoms. The highest BCUT2D eigenvalue weighted by atomic mass is 16.5. The van der Waals surface area contributed by atoms with Gasteiger partial charge in [0.1, 0.15) is 6.10 Å². The molecule has 6 nitrogen and oxygen atoms in total. The number of carbonyl (C=O) groups is 2. The number of amides is 1. The Labute approximate surface area is 403 Å². The van der Waals surface area contributed by atoms with Gasteiger partial charge in [-0.25, -0.2) is 0 Å². The summed E-state index contributed by atoms with van der Waals surface area (Å²) >= 11 is 0. The summed E-state index contributed by atoms with van der Waals surface area (Å²) in [6.45, 7) is 6.38. The van der Waals surface area contributed by atoms with E-state index in [4.69, 9.17) is 4.74 Å². The number of allylic oxidation sites excluding steroid dienone is 10. The van der Waals surface area contributed by atoms with E-state index in [9.17, 15) is 19.8 Å². The molecule has 0 aliphatic heterocycles. The summed E-state index contributed by atoms with van der Waals surface area (Å²) in [5.41, 5.74) is 0. The van der Waals surface area contributed by atoms with Crippen LogP contribution < -0.4 is 5.32 Å². The summed E-state index contributed by atoms with van der Waals surface area (Å²) in [7, 11) is 0. The van der Waals surface area contributed by atoms with Crippen LogP contribution in [-0.2, 0) is 14.3 Å². The summed E-state index contributed by atoms with van der Waals surface area (Å²) in [5.74, 6) is -0.502. The van der Waals surface area contributed by atoms with E-state index in [2.05, 4.69) is 86.8 Å². The average molecular weight is 911 g/mol. The molecule has 0 bridgehead atoms. The van der Waals surface area contributed by atoms with Gasteiger partial charge >= 0.3 is 5.97 Å². The first-order chi connectivity index (χ1) is 32.0. The normalized spacial score (nSPS) is 13.6. The third-order valence-electron chi connectivity index (χ3n) is 12.6. The maximum Gasteiger partial charge on any atom is 0.306 e. The summed E-state index contributed by atoms with van der Waals surface area (Å²) in [5, 5.41) is 23.8. The molecule has 0 aromatic carbocycles. The van der Waals surface area contributed by atoms with Gasteiger partial charge < -0.3 is 20.3 Å². The zero-order valence-corrected chi connectivity index (χ0v) is 43.1. The Bertz CT molecular complexity index is 1160. The number of aliphatic hydroxyl groups excluding tert-OH is 2. The number of esters is 1. The maximum absolute atomic E-state index is 13.2. The van der Waals surface area contributed by atoms with Gasteiger partial charge in [0.25, 0.3) is 0 Å². The van der Waals surface area contributed by atoms with E-state index in [0.717, 1.165) is 89.9 Å². The van der Waals surface area contributed by atoms with Gasteiger partial charge in [0, 0.05) is 6.42 Å². The van der Waals surface area contributed by atoms with Crippen molar-refractivity contribution in [2.45, 2.75) is 296 Å². The number of aliphatic hydroxyl groups is 2. The van der Waals surface area contributed by atoms with Crippen LogP contribution in [0.1, 0.15) is 278 Å². The number of ether oxygens (including phenoxy) is 1. The number of rotatable bonds is 50. The van der Waals surface area contributed by atoms with Gasteiger partial charge in [0.2, 0.25) is 5.91 Å². The second-order valence-corrected chi connectivity index (χ2v) is 19.0. The molecule has 6 heteroatoms. The van der Waals surface area contributed by atoms with E-state index >= 15 is 0 Å². The molecule has 0 aliphatic carbocycles. The topological polar surface area (TPSA) is 95.9 Å². The average Bonchev–Trinajstić information content (AvgIpc) is 3.30. The zero-order chi connectivity index (χ0) is 47.4. The van der Waals surface area contributed by atoms with Gasteiger partial charge in [-0.15, -0.1) is 0 Å². The van der Waals surface area contributed by atoms with Crippen molar-refractivity contribution in [3.63, 3.8) is 0 Å². The van der Waals surface area contributed by atoms with Crippen molar-refractivity contribution < 1.29 is 24.5 Å². The van der Waals surface area contributed by atoms with Crippen LogP contribution in [0.5, 0.6) is 0 Å². The lowest BCUT2D eigenvalue weighted by Gasteiger charge is -2.24. The highest BCUT2D eigenvalue weighted by Crippen LogP contribution is 2.18. The number of hydrogen-bond acceptors (Lipinski definition) is 5. The van der Waals surface area contributed by atoms with Gasteiger partial charge in [-0.05, 0) is 70.6 Å². The standard InChI is InChI=1S/C59H107NO5/c1-4-7-10-13-16-19-22-25-27-28-29-30-32-34-37-40-43-46-49-52-59(64)65-55(50-47-44-41-38-35-33-31-26-23-20-17-14-11-8-5-2)53-58(63)60-56(54-61)57(62)51-48-45-42-39-36-24-21-18-15-12-9-6-3/h7,10,16,19,25,27,29-30,34,37,55-57,61-62H,4-6,8-9,11-15,17-18,20-24,26,28,31-33,35-36,38-54H2,1-3H3,(H,60,63)/b10-7-,19-16-,27-25-,30-29-,37-34-. The molecular weight excluding hydrogens is 803 g/mol. The Kier molecular flexibility index (Phi) is 50.6. The molecule has 0 radical (unpaired) electrons. The molecule has 3 atom stereocenters. The number of nitrogens with one attached hydrogen (secondary N) is 1. The lowest BCUT2D eigenvalue weighted by Crippen LogP contribution is -2.46. The van der Waals surface area contributed by atoms with Crippen molar-refractivity contribution in [2.75, 3.05) is 6.61 Å². The zero-order valence-electron chi connectivity index (χ0n) is 43.1. The molecule has 0 heterocycles. The number of hydrogen-bond donors (Lipinski definition) is 3. The highest BCUT2D eigenvalue weighted by molar-refractivity contribution is 5.77. The SMILES string of the molecule is CC/C=C\C/C=C\C/C=C\C/C=C\C/C=C\CCCCCC(=O)OC(CCCCCCCCCCCCCCCCC)CC(=O)NC(CO)C(O)CCCCCCCCCCCCCC. The van der Waals surface area contributed by atoms with Crippen LogP contribution in [0.3, 0.4) is 0 Å². The molecule has 0 saturated heterocycles. The van der Waals surface area contributed by atoms with E-state index in [1.54, 1.807) is 0 Å². The quantitative estimate of drug-likeness (QED) is 0.0321. The fourth-order valence-electron chi connectivity index (χ4n) is 8.40. The Morgan fingerprint density at radius 1 is 0.462 bits per heavy atom. The molecule has 3 N–H and O–H groups in total. The summed E-state index contributed by atoms with van der Waals surface area (Å²) in [4.78, 5) is 26.2. The van der Waals surface area contributed by atoms with E-state index in [1.165, 1.54) is 141 Å². The van der Waals surface area contributed by atoms with E-state index in [-0.39, 0.29) is 24.9 Å². The molecule has 0 aliphatic rings. The van der Waals surface area contributed by atoms with Gasteiger partial charge in [-0.2, -0.15) is 0 Å². The van der Waals surface area contributed by atoms with Gasteiger partial charge in [-0.3, -0.25) is 9.59 Å². The Morgan fingerprint density at radius 3 is 1.25 bits per heavy atom. The lowest BCUT2D eigenvalue weighted by molar-refractivity contribution is -0.151.